The Morgan fingerprint density at radius 2 is 2.00 bits per heavy atom. The zero-order chi connectivity index (χ0) is 18.2. The molecule has 0 aliphatic heterocycles. The molecule has 1 aromatic heterocycles. The summed E-state index contributed by atoms with van der Waals surface area (Å²) in [5.41, 5.74) is 1.35. The highest BCUT2D eigenvalue weighted by molar-refractivity contribution is 7.99. The first-order valence-corrected chi connectivity index (χ1v) is 9.10. The number of hydrogen-bond acceptors (Lipinski definition) is 7. The number of rotatable bonds is 8. The van der Waals surface area contributed by atoms with E-state index in [-0.39, 0.29) is 0 Å². The summed E-state index contributed by atoms with van der Waals surface area (Å²) in [5, 5.41) is 17.5. The van der Waals surface area contributed by atoms with E-state index in [1.54, 1.807) is 18.2 Å². The van der Waals surface area contributed by atoms with Crippen molar-refractivity contribution in [1.82, 2.24) is 10.2 Å². The first-order chi connectivity index (χ1) is 12.8. The SMILES string of the molecule is CCOc1ccccc1-c1nnc(SCCOc2cccc(C#N)c2)o1. The predicted octanol–water partition coefficient (Wildman–Crippen LogP) is 4.18. The topological polar surface area (TPSA) is 81.2 Å². The summed E-state index contributed by atoms with van der Waals surface area (Å²) in [4.78, 5) is 0. The van der Waals surface area contributed by atoms with Crippen molar-refractivity contribution in [3.8, 4) is 29.0 Å². The standard InChI is InChI=1S/C19H17N3O3S/c1-2-23-17-9-4-3-8-16(17)18-21-22-19(25-18)26-11-10-24-15-7-5-6-14(12-15)13-20/h3-9,12H,2,10-11H2,1H3. The molecule has 3 aromatic rings. The fraction of sp³-hybridized carbons (Fsp3) is 0.211. The summed E-state index contributed by atoms with van der Waals surface area (Å²) in [6, 6.07) is 16.7. The van der Waals surface area contributed by atoms with Gasteiger partial charge in [-0.25, -0.2) is 0 Å². The summed E-state index contributed by atoms with van der Waals surface area (Å²) in [6.07, 6.45) is 0. The van der Waals surface area contributed by atoms with Gasteiger partial charge in [-0.2, -0.15) is 5.26 Å². The fourth-order valence-corrected chi connectivity index (χ4v) is 2.82. The van der Waals surface area contributed by atoms with Crippen LogP contribution in [0.3, 0.4) is 0 Å². The molecule has 0 aliphatic rings. The van der Waals surface area contributed by atoms with Gasteiger partial charge in [0.2, 0.25) is 0 Å². The minimum atomic E-state index is 0.430. The zero-order valence-electron chi connectivity index (χ0n) is 14.2. The van der Waals surface area contributed by atoms with Gasteiger partial charge in [0.05, 0.1) is 30.4 Å². The quantitative estimate of drug-likeness (QED) is 0.436. The third-order valence-corrected chi connectivity index (χ3v) is 4.15. The van der Waals surface area contributed by atoms with Crippen molar-refractivity contribution in [2.75, 3.05) is 19.0 Å². The molecule has 1 heterocycles. The van der Waals surface area contributed by atoms with Gasteiger partial charge in [0.15, 0.2) is 0 Å². The number of para-hydroxylation sites is 1. The lowest BCUT2D eigenvalue weighted by Gasteiger charge is -2.06. The van der Waals surface area contributed by atoms with E-state index < -0.39 is 0 Å². The lowest BCUT2D eigenvalue weighted by atomic mass is 10.2. The second kappa shape index (κ2) is 8.92. The Balaban J connectivity index is 1.55. The van der Waals surface area contributed by atoms with E-state index in [1.165, 1.54) is 11.8 Å². The number of hydrogen-bond donors (Lipinski definition) is 0. The van der Waals surface area contributed by atoms with Crippen LogP contribution < -0.4 is 9.47 Å². The molecule has 7 heteroatoms. The van der Waals surface area contributed by atoms with E-state index in [0.717, 1.165) is 11.3 Å². The Bertz CT molecular complexity index is 905. The minimum Gasteiger partial charge on any atom is -0.493 e. The Morgan fingerprint density at radius 3 is 2.85 bits per heavy atom. The van der Waals surface area contributed by atoms with Gasteiger partial charge < -0.3 is 13.9 Å². The number of nitriles is 1. The van der Waals surface area contributed by atoms with Gasteiger partial charge in [0.25, 0.3) is 11.1 Å². The van der Waals surface area contributed by atoms with Crippen LogP contribution in [0, 0.1) is 11.3 Å². The summed E-state index contributed by atoms with van der Waals surface area (Å²) >= 11 is 1.41. The summed E-state index contributed by atoms with van der Waals surface area (Å²) < 4.78 is 16.9. The average Bonchev–Trinajstić information content (AvgIpc) is 3.15. The maximum absolute atomic E-state index is 8.89. The van der Waals surface area contributed by atoms with E-state index in [2.05, 4.69) is 16.3 Å². The Labute approximate surface area is 155 Å². The number of nitrogens with zero attached hydrogens (tertiary/aromatic N) is 3. The fourth-order valence-electron chi connectivity index (χ4n) is 2.25. The molecule has 132 valence electrons. The molecule has 0 aliphatic carbocycles. The Hall–Kier alpha value is -2.98. The molecule has 0 atom stereocenters. The molecule has 3 rings (SSSR count). The smallest absolute Gasteiger partial charge is 0.276 e. The first kappa shape index (κ1) is 17.8. The van der Waals surface area contributed by atoms with Crippen LogP contribution in [0.25, 0.3) is 11.5 Å². The second-order valence-electron chi connectivity index (χ2n) is 5.14. The van der Waals surface area contributed by atoms with E-state index in [1.807, 2.05) is 37.3 Å². The summed E-state index contributed by atoms with van der Waals surface area (Å²) in [5.74, 6) is 2.46. The number of benzene rings is 2. The molecule has 0 radical (unpaired) electrons. The largest absolute Gasteiger partial charge is 0.493 e. The van der Waals surface area contributed by atoms with Crippen LogP contribution in [0.1, 0.15) is 12.5 Å². The lowest BCUT2D eigenvalue weighted by Crippen LogP contribution is -2.00. The molecule has 0 amide bonds. The predicted molar refractivity (Wildman–Crippen MR) is 98.3 cm³/mol. The van der Waals surface area contributed by atoms with Crippen LogP contribution in [-0.4, -0.2) is 29.2 Å². The molecule has 26 heavy (non-hydrogen) atoms. The van der Waals surface area contributed by atoms with Crippen molar-refractivity contribution in [3.05, 3.63) is 54.1 Å². The highest BCUT2D eigenvalue weighted by atomic mass is 32.2. The maximum Gasteiger partial charge on any atom is 0.276 e. The molecule has 0 fully saturated rings. The van der Waals surface area contributed by atoms with Gasteiger partial charge in [0, 0.05) is 5.75 Å². The molecular formula is C19H17N3O3S. The van der Waals surface area contributed by atoms with Gasteiger partial charge in [-0.1, -0.05) is 30.0 Å². The normalized spacial score (nSPS) is 10.3. The van der Waals surface area contributed by atoms with Gasteiger partial charge >= 0.3 is 0 Å². The van der Waals surface area contributed by atoms with Crippen LogP contribution in [0.15, 0.2) is 58.2 Å². The van der Waals surface area contributed by atoms with E-state index >= 15 is 0 Å². The van der Waals surface area contributed by atoms with E-state index in [4.69, 9.17) is 19.2 Å². The van der Waals surface area contributed by atoms with Crippen molar-refractivity contribution < 1.29 is 13.9 Å². The average molecular weight is 367 g/mol. The Morgan fingerprint density at radius 1 is 1.12 bits per heavy atom. The van der Waals surface area contributed by atoms with Gasteiger partial charge in [-0.05, 0) is 37.3 Å². The highest BCUT2D eigenvalue weighted by Gasteiger charge is 2.13. The number of thioether (sulfide) groups is 1. The number of ether oxygens (including phenoxy) is 2. The van der Waals surface area contributed by atoms with E-state index in [0.29, 0.717) is 41.4 Å². The number of aromatic nitrogens is 2. The Kier molecular flexibility index (Phi) is 6.12. The zero-order valence-corrected chi connectivity index (χ0v) is 15.0. The van der Waals surface area contributed by atoms with Crippen LogP contribution in [0.4, 0.5) is 0 Å². The van der Waals surface area contributed by atoms with Crippen molar-refractivity contribution in [2.24, 2.45) is 0 Å². The van der Waals surface area contributed by atoms with Gasteiger partial charge in [0.1, 0.15) is 11.5 Å². The van der Waals surface area contributed by atoms with Crippen molar-refractivity contribution in [2.45, 2.75) is 12.1 Å². The van der Waals surface area contributed by atoms with Crippen LogP contribution >= 0.6 is 11.8 Å². The molecule has 0 spiro atoms. The van der Waals surface area contributed by atoms with Crippen LogP contribution in [0.2, 0.25) is 0 Å². The van der Waals surface area contributed by atoms with Crippen molar-refractivity contribution in [1.29, 1.82) is 5.26 Å². The second-order valence-corrected chi connectivity index (χ2v) is 6.19. The molecule has 0 saturated carbocycles. The molecule has 0 unspecified atom stereocenters. The molecule has 0 N–H and O–H groups in total. The summed E-state index contributed by atoms with van der Waals surface area (Å²) in [7, 11) is 0. The highest BCUT2D eigenvalue weighted by Crippen LogP contribution is 2.30. The van der Waals surface area contributed by atoms with Gasteiger partial charge in [-0.15, -0.1) is 10.2 Å². The van der Waals surface area contributed by atoms with E-state index in [9.17, 15) is 0 Å². The van der Waals surface area contributed by atoms with Gasteiger partial charge in [-0.3, -0.25) is 0 Å². The lowest BCUT2D eigenvalue weighted by molar-refractivity contribution is 0.339. The third-order valence-electron chi connectivity index (χ3n) is 3.36. The molecular weight excluding hydrogens is 350 g/mol. The summed E-state index contributed by atoms with van der Waals surface area (Å²) in [6.45, 7) is 2.96. The van der Waals surface area contributed by atoms with Crippen molar-refractivity contribution in [3.63, 3.8) is 0 Å². The maximum atomic E-state index is 8.89. The van der Waals surface area contributed by atoms with Crippen LogP contribution in [0.5, 0.6) is 11.5 Å². The third kappa shape index (κ3) is 4.55. The monoisotopic (exact) mass is 367 g/mol. The van der Waals surface area contributed by atoms with Crippen LogP contribution in [-0.2, 0) is 0 Å². The van der Waals surface area contributed by atoms with Crippen molar-refractivity contribution >= 4 is 11.8 Å². The minimum absolute atomic E-state index is 0.430. The molecule has 0 bridgehead atoms. The molecule has 2 aromatic carbocycles. The first-order valence-electron chi connectivity index (χ1n) is 8.11. The molecule has 6 nitrogen and oxygen atoms in total. The molecule has 0 saturated heterocycles.